The van der Waals surface area contributed by atoms with E-state index in [1.165, 1.54) is 283 Å². The lowest BCUT2D eigenvalue weighted by Crippen LogP contribution is -2.45. The highest BCUT2D eigenvalue weighted by atomic mass is 16.5. The van der Waals surface area contributed by atoms with Gasteiger partial charge in [-0.1, -0.05) is 316 Å². The van der Waals surface area contributed by atoms with Gasteiger partial charge in [0.05, 0.1) is 25.4 Å². The SMILES string of the molecule is CCCCCCCCCCCCCCCCCCC(=O)OCCCCCCCCCCCCCCCCCCCCCCC(=O)NC(CO)C(O)CCCCCCCCCCCCCCCC. The van der Waals surface area contributed by atoms with E-state index < -0.39 is 12.1 Å². The third-order valence-corrected chi connectivity index (χ3v) is 14.7. The fraction of sp³-hybridized carbons (Fsp3) is 0.967. The van der Waals surface area contributed by atoms with Gasteiger partial charge >= 0.3 is 5.97 Å². The predicted octanol–water partition coefficient (Wildman–Crippen LogP) is 19.1. The second-order valence-corrected chi connectivity index (χ2v) is 21.4. The van der Waals surface area contributed by atoms with E-state index in [4.69, 9.17) is 4.74 Å². The normalized spacial score (nSPS) is 12.5. The topological polar surface area (TPSA) is 95.9 Å². The number of carbonyl (C=O) groups is 2. The molecule has 0 bridgehead atoms. The van der Waals surface area contributed by atoms with Crippen LogP contribution in [0.3, 0.4) is 0 Å². The Balaban J connectivity index is 3.36. The first-order valence-corrected chi connectivity index (χ1v) is 30.8. The first-order valence-electron chi connectivity index (χ1n) is 30.8. The highest BCUT2D eigenvalue weighted by Gasteiger charge is 2.20. The van der Waals surface area contributed by atoms with Crippen LogP contribution in [0, 0.1) is 0 Å². The number of aliphatic hydroxyl groups is 2. The Labute approximate surface area is 419 Å². The number of amides is 1. The van der Waals surface area contributed by atoms with Gasteiger partial charge in [0, 0.05) is 12.8 Å². The van der Waals surface area contributed by atoms with Crippen LogP contribution in [0.25, 0.3) is 0 Å². The van der Waals surface area contributed by atoms with E-state index in [0.717, 1.165) is 38.5 Å². The van der Waals surface area contributed by atoms with Crippen LogP contribution in [-0.4, -0.2) is 47.4 Å². The number of carbonyl (C=O) groups excluding carboxylic acids is 2. The van der Waals surface area contributed by atoms with Crippen molar-refractivity contribution in [3.8, 4) is 0 Å². The molecule has 0 radical (unpaired) electrons. The molecule has 2 unspecified atom stereocenters. The number of esters is 1. The molecule has 0 aromatic rings. The smallest absolute Gasteiger partial charge is 0.305 e. The van der Waals surface area contributed by atoms with Crippen LogP contribution in [0.2, 0.25) is 0 Å². The van der Waals surface area contributed by atoms with Gasteiger partial charge in [-0.25, -0.2) is 0 Å². The zero-order valence-corrected chi connectivity index (χ0v) is 45.7. The summed E-state index contributed by atoms with van der Waals surface area (Å²) in [6, 6.07) is -0.541. The van der Waals surface area contributed by atoms with E-state index in [1.54, 1.807) is 0 Å². The molecule has 0 aromatic heterocycles. The largest absolute Gasteiger partial charge is 0.466 e. The summed E-state index contributed by atoms with van der Waals surface area (Å²) >= 11 is 0. The quantitative estimate of drug-likeness (QED) is 0.0417. The lowest BCUT2D eigenvalue weighted by Gasteiger charge is -2.22. The second-order valence-electron chi connectivity index (χ2n) is 21.4. The number of hydrogen-bond acceptors (Lipinski definition) is 5. The molecule has 3 N–H and O–H groups in total. The average Bonchev–Trinajstić information content (AvgIpc) is 3.33. The minimum absolute atomic E-state index is 0.0151. The van der Waals surface area contributed by atoms with Crippen molar-refractivity contribution in [1.82, 2.24) is 5.32 Å². The van der Waals surface area contributed by atoms with Crippen LogP contribution >= 0.6 is 0 Å². The molecular formula is C61H121NO5. The maximum atomic E-state index is 12.5. The molecule has 0 aliphatic heterocycles. The number of nitrogens with one attached hydrogen (secondary N) is 1. The average molecular weight is 949 g/mol. The third kappa shape index (κ3) is 54.0. The Hall–Kier alpha value is -1.14. The molecule has 0 saturated heterocycles. The van der Waals surface area contributed by atoms with Crippen LogP contribution < -0.4 is 5.32 Å². The van der Waals surface area contributed by atoms with Crippen molar-refractivity contribution in [2.75, 3.05) is 13.2 Å². The molecule has 1 amide bonds. The first-order chi connectivity index (χ1) is 33.0. The molecule has 0 rings (SSSR count). The summed E-state index contributed by atoms with van der Waals surface area (Å²) in [5.74, 6) is -0.0190. The zero-order chi connectivity index (χ0) is 48.6. The van der Waals surface area contributed by atoms with Gasteiger partial charge in [0.2, 0.25) is 5.91 Å². The van der Waals surface area contributed by atoms with Crippen LogP contribution in [-0.2, 0) is 14.3 Å². The fourth-order valence-corrected chi connectivity index (χ4v) is 9.94. The van der Waals surface area contributed by atoms with Gasteiger partial charge in [-0.05, 0) is 25.7 Å². The minimum atomic E-state index is -0.664. The lowest BCUT2D eigenvalue weighted by molar-refractivity contribution is -0.143. The van der Waals surface area contributed by atoms with Crippen molar-refractivity contribution in [3.63, 3.8) is 0 Å². The van der Waals surface area contributed by atoms with Crippen molar-refractivity contribution in [2.45, 2.75) is 366 Å². The zero-order valence-electron chi connectivity index (χ0n) is 45.7. The van der Waals surface area contributed by atoms with Gasteiger partial charge in [0.25, 0.3) is 0 Å². The molecule has 0 heterocycles. The summed E-state index contributed by atoms with van der Waals surface area (Å²) < 4.78 is 5.49. The van der Waals surface area contributed by atoms with Crippen molar-refractivity contribution in [2.24, 2.45) is 0 Å². The van der Waals surface area contributed by atoms with Gasteiger partial charge in [0.15, 0.2) is 0 Å². The van der Waals surface area contributed by atoms with Gasteiger partial charge < -0.3 is 20.3 Å². The molecule has 0 fully saturated rings. The molecule has 400 valence electrons. The van der Waals surface area contributed by atoms with Crippen LogP contribution in [0.4, 0.5) is 0 Å². The lowest BCUT2D eigenvalue weighted by atomic mass is 10.0. The van der Waals surface area contributed by atoms with Crippen LogP contribution in [0.5, 0.6) is 0 Å². The Morgan fingerprint density at radius 3 is 0.910 bits per heavy atom. The van der Waals surface area contributed by atoms with E-state index in [2.05, 4.69) is 19.2 Å². The van der Waals surface area contributed by atoms with Crippen molar-refractivity contribution in [1.29, 1.82) is 0 Å². The molecule has 6 heteroatoms. The fourth-order valence-electron chi connectivity index (χ4n) is 9.94. The summed E-state index contributed by atoms with van der Waals surface area (Å²) in [6.07, 6.45) is 66.8. The minimum Gasteiger partial charge on any atom is -0.466 e. The molecule has 67 heavy (non-hydrogen) atoms. The first kappa shape index (κ1) is 65.9. The summed E-state index contributed by atoms with van der Waals surface area (Å²) in [7, 11) is 0. The van der Waals surface area contributed by atoms with E-state index >= 15 is 0 Å². The highest BCUT2D eigenvalue weighted by Crippen LogP contribution is 2.18. The second kappa shape index (κ2) is 57.4. The summed E-state index contributed by atoms with van der Waals surface area (Å²) in [4.78, 5) is 24.5. The maximum Gasteiger partial charge on any atom is 0.305 e. The van der Waals surface area contributed by atoms with Gasteiger partial charge in [-0.15, -0.1) is 0 Å². The number of ether oxygens (including phenoxy) is 1. The molecule has 0 spiro atoms. The Morgan fingerprint density at radius 1 is 0.358 bits per heavy atom. The van der Waals surface area contributed by atoms with E-state index in [-0.39, 0.29) is 18.5 Å². The van der Waals surface area contributed by atoms with E-state index in [0.29, 0.717) is 25.9 Å². The van der Waals surface area contributed by atoms with E-state index in [1.807, 2.05) is 0 Å². The van der Waals surface area contributed by atoms with Gasteiger partial charge in [0.1, 0.15) is 0 Å². The number of hydrogen-bond donors (Lipinski definition) is 3. The molecule has 0 saturated carbocycles. The maximum absolute atomic E-state index is 12.5. The number of aliphatic hydroxyl groups excluding tert-OH is 2. The van der Waals surface area contributed by atoms with Crippen molar-refractivity contribution < 1.29 is 24.5 Å². The molecule has 0 aromatic carbocycles. The Morgan fingerprint density at radius 2 is 0.612 bits per heavy atom. The van der Waals surface area contributed by atoms with Crippen molar-refractivity contribution >= 4 is 11.9 Å². The number of unbranched alkanes of at least 4 members (excludes halogenated alkanes) is 47. The summed E-state index contributed by atoms with van der Waals surface area (Å²) in [6.45, 7) is 4.98. The molecule has 0 aliphatic rings. The summed E-state index contributed by atoms with van der Waals surface area (Å²) in [5.41, 5.74) is 0. The van der Waals surface area contributed by atoms with Crippen LogP contribution in [0.1, 0.15) is 354 Å². The molecule has 2 atom stereocenters. The number of rotatable bonds is 58. The highest BCUT2D eigenvalue weighted by molar-refractivity contribution is 5.76. The predicted molar refractivity (Wildman–Crippen MR) is 292 cm³/mol. The van der Waals surface area contributed by atoms with E-state index in [9.17, 15) is 19.8 Å². The van der Waals surface area contributed by atoms with Gasteiger partial charge in [-0.2, -0.15) is 0 Å². The molecule has 0 aliphatic carbocycles. The van der Waals surface area contributed by atoms with Crippen LogP contribution in [0.15, 0.2) is 0 Å². The monoisotopic (exact) mass is 948 g/mol. The third-order valence-electron chi connectivity index (χ3n) is 14.7. The summed E-state index contributed by atoms with van der Waals surface area (Å²) in [5, 5.41) is 23.3. The van der Waals surface area contributed by atoms with Crippen molar-refractivity contribution in [3.05, 3.63) is 0 Å². The standard InChI is InChI=1S/C61H121NO5/c1-3-5-7-9-11-13-15-17-19-27-31-35-39-43-47-51-55-61(66)67-56-52-48-44-40-36-32-28-25-23-21-20-22-24-26-30-34-38-42-46-50-54-60(65)62-58(57-63)59(64)53-49-45-41-37-33-29-18-16-14-12-10-8-6-4-2/h58-59,63-64H,3-57H2,1-2H3,(H,62,65). The molecular weight excluding hydrogens is 827 g/mol. The Kier molecular flexibility index (Phi) is 56.5. The van der Waals surface area contributed by atoms with Gasteiger partial charge in [-0.3, -0.25) is 9.59 Å². The Bertz CT molecular complexity index is 959. The molecule has 6 nitrogen and oxygen atoms in total.